The van der Waals surface area contributed by atoms with Crippen LogP contribution < -0.4 is 4.74 Å². The van der Waals surface area contributed by atoms with Crippen molar-refractivity contribution in [2.45, 2.75) is 26.2 Å². The van der Waals surface area contributed by atoms with E-state index >= 15 is 0 Å². The van der Waals surface area contributed by atoms with Crippen molar-refractivity contribution in [1.82, 2.24) is 0 Å². The Morgan fingerprint density at radius 2 is 2.11 bits per heavy atom. The van der Waals surface area contributed by atoms with Gasteiger partial charge in [-0.2, -0.15) is 0 Å². The third-order valence-electron chi connectivity index (χ3n) is 3.63. The minimum atomic E-state index is -0.0177. The van der Waals surface area contributed by atoms with Crippen LogP contribution in [0.25, 0.3) is 0 Å². The van der Waals surface area contributed by atoms with E-state index in [1.54, 1.807) is 0 Å². The van der Waals surface area contributed by atoms with Gasteiger partial charge in [0.15, 0.2) is 0 Å². The fourth-order valence-corrected chi connectivity index (χ4v) is 3.29. The Labute approximate surface area is 117 Å². The average Bonchev–Trinajstić information content (AvgIpc) is 2.93. The highest BCUT2D eigenvalue weighted by Gasteiger charge is 2.32. The van der Waals surface area contributed by atoms with Crippen molar-refractivity contribution in [3.05, 3.63) is 51.2 Å². The van der Waals surface area contributed by atoms with Crippen LogP contribution in [0.3, 0.4) is 0 Å². The molecule has 1 aromatic heterocycles. The van der Waals surface area contributed by atoms with E-state index < -0.39 is 0 Å². The van der Waals surface area contributed by atoms with E-state index in [9.17, 15) is 4.79 Å². The fourth-order valence-electron chi connectivity index (χ4n) is 2.40. The van der Waals surface area contributed by atoms with Gasteiger partial charge in [0.2, 0.25) is 5.78 Å². The molecule has 0 bridgehead atoms. The lowest BCUT2D eigenvalue weighted by atomic mass is 9.85. The Bertz CT molecular complexity index is 653. The summed E-state index contributed by atoms with van der Waals surface area (Å²) in [6.45, 7) is 6.94. The summed E-state index contributed by atoms with van der Waals surface area (Å²) in [5, 5.41) is 1.96. The SMILES string of the molecule is Cc1ccsc1C(=O)c1ccc2c(c1)C(C)(C)CO2. The van der Waals surface area contributed by atoms with Gasteiger partial charge >= 0.3 is 0 Å². The topological polar surface area (TPSA) is 26.3 Å². The number of rotatable bonds is 2. The second-order valence-corrected chi connectivity index (χ2v) is 6.56. The normalized spacial score (nSPS) is 15.9. The summed E-state index contributed by atoms with van der Waals surface area (Å²) in [4.78, 5) is 13.3. The summed E-state index contributed by atoms with van der Waals surface area (Å²) in [6.07, 6.45) is 0. The van der Waals surface area contributed by atoms with Gasteiger partial charge < -0.3 is 4.74 Å². The molecule has 0 amide bonds. The van der Waals surface area contributed by atoms with Crippen LogP contribution >= 0.6 is 11.3 Å². The van der Waals surface area contributed by atoms with Crippen molar-refractivity contribution < 1.29 is 9.53 Å². The molecule has 0 unspecified atom stereocenters. The van der Waals surface area contributed by atoms with E-state index in [2.05, 4.69) is 13.8 Å². The van der Waals surface area contributed by atoms with E-state index in [1.807, 2.05) is 36.6 Å². The number of ether oxygens (including phenoxy) is 1. The van der Waals surface area contributed by atoms with Gasteiger partial charge in [0.25, 0.3) is 0 Å². The zero-order chi connectivity index (χ0) is 13.6. The first kappa shape index (κ1) is 12.4. The van der Waals surface area contributed by atoms with Gasteiger partial charge in [-0.15, -0.1) is 11.3 Å². The van der Waals surface area contributed by atoms with Crippen molar-refractivity contribution in [2.75, 3.05) is 6.61 Å². The number of fused-ring (bicyclic) bond motifs is 1. The summed E-state index contributed by atoms with van der Waals surface area (Å²) >= 11 is 1.50. The van der Waals surface area contributed by atoms with Gasteiger partial charge in [0, 0.05) is 16.5 Å². The molecule has 19 heavy (non-hydrogen) atoms. The van der Waals surface area contributed by atoms with Crippen molar-refractivity contribution in [1.29, 1.82) is 0 Å². The van der Waals surface area contributed by atoms with E-state index in [1.165, 1.54) is 11.3 Å². The molecule has 2 nitrogen and oxygen atoms in total. The first-order valence-corrected chi connectivity index (χ1v) is 7.23. The molecule has 0 fully saturated rings. The molecule has 0 saturated carbocycles. The molecule has 1 aliphatic rings. The number of carbonyl (C=O) groups excluding carboxylic acids is 1. The number of carbonyl (C=O) groups is 1. The highest BCUT2D eigenvalue weighted by Crippen LogP contribution is 2.39. The predicted octanol–water partition coefficient (Wildman–Crippen LogP) is 3.96. The lowest BCUT2D eigenvalue weighted by molar-refractivity contribution is 0.104. The van der Waals surface area contributed by atoms with Gasteiger partial charge in [-0.25, -0.2) is 0 Å². The maximum atomic E-state index is 12.5. The fraction of sp³-hybridized carbons (Fsp3) is 0.312. The molecule has 98 valence electrons. The van der Waals surface area contributed by atoms with Crippen LogP contribution in [0.4, 0.5) is 0 Å². The predicted molar refractivity (Wildman–Crippen MR) is 77.5 cm³/mol. The average molecular weight is 272 g/mol. The van der Waals surface area contributed by atoms with E-state index in [-0.39, 0.29) is 11.2 Å². The largest absolute Gasteiger partial charge is 0.492 e. The van der Waals surface area contributed by atoms with Gasteiger partial charge in [-0.1, -0.05) is 13.8 Å². The third-order valence-corrected chi connectivity index (χ3v) is 4.64. The summed E-state index contributed by atoms with van der Waals surface area (Å²) < 4.78 is 5.65. The number of ketones is 1. The summed E-state index contributed by atoms with van der Waals surface area (Å²) in [7, 11) is 0. The molecule has 3 heteroatoms. The molecular formula is C16H16O2S. The van der Waals surface area contributed by atoms with Crippen LogP contribution in [0.2, 0.25) is 0 Å². The minimum Gasteiger partial charge on any atom is -0.492 e. The molecule has 1 aliphatic heterocycles. The van der Waals surface area contributed by atoms with Crippen LogP contribution in [-0.4, -0.2) is 12.4 Å². The highest BCUT2D eigenvalue weighted by molar-refractivity contribution is 7.12. The number of hydrogen-bond acceptors (Lipinski definition) is 3. The first-order chi connectivity index (χ1) is 8.99. The summed E-state index contributed by atoms with van der Waals surface area (Å²) in [5.41, 5.74) is 2.91. The van der Waals surface area contributed by atoms with Crippen LogP contribution in [-0.2, 0) is 5.41 Å². The lowest BCUT2D eigenvalue weighted by Crippen LogP contribution is -2.18. The van der Waals surface area contributed by atoms with E-state index in [0.29, 0.717) is 6.61 Å². The van der Waals surface area contributed by atoms with Crippen LogP contribution in [0.1, 0.15) is 40.2 Å². The number of benzene rings is 1. The third kappa shape index (κ3) is 1.98. The quantitative estimate of drug-likeness (QED) is 0.774. The Hall–Kier alpha value is -1.61. The molecule has 0 N–H and O–H groups in total. The number of hydrogen-bond donors (Lipinski definition) is 0. The maximum Gasteiger partial charge on any atom is 0.203 e. The monoisotopic (exact) mass is 272 g/mol. The standard InChI is InChI=1S/C16H16O2S/c1-10-6-7-19-15(10)14(17)11-4-5-13-12(8-11)16(2,3)9-18-13/h4-8H,9H2,1-3H3. The van der Waals surface area contributed by atoms with Crippen molar-refractivity contribution in [3.8, 4) is 5.75 Å². The minimum absolute atomic E-state index is 0.0177. The van der Waals surface area contributed by atoms with Gasteiger partial charge in [-0.3, -0.25) is 4.79 Å². The Kier molecular flexibility index (Phi) is 2.75. The molecule has 0 atom stereocenters. The maximum absolute atomic E-state index is 12.5. The first-order valence-electron chi connectivity index (χ1n) is 6.35. The molecule has 2 heterocycles. The zero-order valence-electron chi connectivity index (χ0n) is 11.3. The smallest absolute Gasteiger partial charge is 0.203 e. The van der Waals surface area contributed by atoms with E-state index in [0.717, 1.165) is 27.3 Å². The zero-order valence-corrected chi connectivity index (χ0v) is 12.1. The molecule has 1 aromatic carbocycles. The van der Waals surface area contributed by atoms with Crippen molar-refractivity contribution >= 4 is 17.1 Å². The molecule has 0 saturated heterocycles. The van der Waals surface area contributed by atoms with Crippen LogP contribution in [0, 0.1) is 6.92 Å². The van der Waals surface area contributed by atoms with E-state index in [4.69, 9.17) is 4.74 Å². The van der Waals surface area contributed by atoms with Gasteiger partial charge in [0.1, 0.15) is 5.75 Å². The van der Waals surface area contributed by atoms with Gasteiger partial charge in [-0.05, 0) is 42.1 Å². The Balaban J connectivity index is 2.04. The second-order valence-electron chi connectivity index (χ2n) is 5.65. The van der Waals surface area contributed by atoms with Gasteiger partial charge in [0.05, 0.1) is 11.5 Å². The molecule has 0 spiro atoms. The van der Waals surface area contributed by atoms with Crippen LogP contribution in [0.5, 0.6) is 5.75 Å². The number of thiophene rings is 1. The lowest BCUT2D eigenvalue weighted by Gasteiger charge is -2.15. The highest BCUT2D eigenvalue weighted by atomic mass is 32.1. The molecule has 3 rings (SSSR count). The second kappa shape index (κ2) is 4.20. The Morgan fingerprint density at radius 1 is 1.32 bits per heavy atom. The molecule has 0 aliphatic carbocycles. The summed E-state index contributed by atoms with van der Waals surface area (Å²) in [6, 6.07) is 7.75. The molecule has 0 radical (unpaired) electrons. The molecular weight excluding hydrogens is 256 g/mol. The van der Waals surface area contributed by atoms with Crippen LogP contribution in [0.15, 0.2) is 29.6 Å². The molecule has 2 aromatic rings. The number of aryl methyl sites for hydroxylation is 1. The van der Waals surface area contributed by atoms with Crippen molar-refractivity contribution in [3.63, 3.8) is 0 Å². The van der Waals surface area contributed by atoms with Crippen molar-refractivity contribution in [2.24, 2.45) is 0 Å². The summed E-state index contributed by atoms with van der Waals surface area (Å²) in [5.74, 6) is 1.02. The Morgan fingerprint density at radius 3 is 2.79 bits per heavy atom.